The van der Waals surface area contributed by atoms with Gasteiger partial charge in [0.2, 0.25) is 0 Å². The number of carbonyl (C=O) groups is 1. The van der Waals surface area contributed by atoms with Crippen LogP contribution in [-0.2, 0) is 0 Å². The van der Waals surface area contributed by atoms with Crippen LogP contribution in [0.2, 0.25) is 0 Å². The lowest BCUT2D eigenvalue weighted by Crippen LogP contribution is -2.31. The second-order valence-corrected chi connectivity index (χ2v) is 6.38. The summed E-state index contributed by atoms with van der Waals surface area (Å²) in [5.74, 6) is 0.308. The van der Waals surface area contributed by atoms with Crippen LogP contribution in [0.3, 0.4) is 0 Å². The molecule has 0 bridgehead atoms. The van der Waals surface area contributed by atoms with Crippen LogP contribution in [0.25, 0.3) is 0 Å². The number of anilines is 1. The highest BCUT2D eigenvalue weighted by Gasteiger charge is 2.27. The van der Waals surface area contributed by atoms with E-state index in [1.54, 1.807) is 0 Å². The summed E-state index contributed by atoms with van der Waals surface area (Å²) < 4.78 is 0. The molecule has 4 nitrogen and oxygen atoms in total. The van der Waals surface area contributed by atoms with Crippen molar-refractivity contribution in [3.8, 4) is 0 Å². The first-order chi connectivity index (χ1) is 8.52. The minimum Gasteiger partial charge on any atom is -0.346 e. The minimum atomic E-state index is 0.308. The van der Waals surface area contributed by atoms with Crippen LogP contribution >= 0.6 is 11.3 Å². The van der Waals surface area contributed by atoms with E-state index in [4.69, 9.17) is 0 Å². The van der Waals surface area contributed by atoms with Gasteiger partial charge in [-0.3, -0.25) is 4.79 Å². The van der Waals surface area contributed by atoms with E-state index in [1.165, 1.54) is 17.8 Å². The Bertz CT molecular complexity index is 428. The number of aldehydes is 1. The van der Waals surface area contributed by atoms with E-state index in [0.29, 0.717) is 12.0 Å². The van der Waals surface area contributed by atoms with Crippen molar-refractivity contribution in [3.05, 3.63) is 10.6 Å². The van der Waals surface area contributed by atoms with E-state index in [9.17, 15) is 4.79 Å². The van der Waals surface area contributed by atoms with Gasteiger partial charge in [0, 0.05) is 19.1 Å². The molecule has 0 radical (unpaired) electrons. The van der Waals surface area contributed by atoms with Crippen molar-refractivity contribution in [1.82, 2.24) is 9.88 Å². The summed E-state index contributed by atoms with van der Waals surface area (Å²) >= 11 is 1.53. The number of nitrogens with zero attached hydrogens (tertiary/aromatic N) is 3. The van der Waals surface area contributed by atoms with Gasteiger partial charge in [0.25, 0.3) is 0 Å². The Morgan fingerprint density at radius 1 is 1.50 bits per heavy atom. The van der Waals surface area contributed by atoms with Gasteiger partial charge in [-0.25, -0.2) is 4.98 Å². The highest BCUT2D eigenvalue weighted by atomic mass is 32.1. The third-order valence-corrected chi connectivity index (χ3v) is 4.55. The van der Waals surface area contributed by atoms with Gasteiger partial charge in [-0.2, -0.15) is 0 Å². The van der Waals surface area contributed by atoms with Gasteiger partial charge in [0.05, 0.1) is 10.6 Å². The molecular weight excluding hydrogens is 246 g/mol. The molecule has 1 atom stereocenters. The predicted molar refractivity (Wildman–Crippen MR) is 75.9 cm³/mol. The molecule has 100 valence electrons. The van der Waals surface area contributed by atoms with Crippen LogP contribution in [0.5, 0.6) is 0 Å². The fourth-order valence-corrected chi connectivity index (χ4v) is 3.37. The summed E-state index contributed by atoms with van der Waals surface area (Å²) in [6, 6.07) is 0.594. The maximum Gasteiger partial charge on any atom is 0.186 e. The van der Waals surface area contributed by atoms with E-state index in [2.05, 4.69) is 42.7 Å². The quantitative estimate of drug-likeness (QED) is 0.784. The Morgan fingerprint density at radius 2 is 2.22 bits per heavy atom. The lowest BCUT2D eigenvalue weighted by Gasteiger charge is -2.19. The third kappa shape index (κ3) is 2.57. The van der Waals surface area contributed by atoms with Crippen LogP contribution in [0.4, 0.5) is 5.13 Å². The van der Waals surface area contributed by atoms with Gasteiger partial charge in [-0.05, 0) is 26.4 Å². The highest BCUT2D eigenvalue weighted by Crippen LogP contribution is 2.31. The van der Waals surface area contributed by atoms with Crippen molar-refractivity contribution in [2.45, 2.75) is 32.2 Å². The molecule has 0 aromatic carbocycles. The van der Waals surface area contributed by atoms with Gasteiger partial charge in [-0.15, -0.1) is 0 Å². The van der Waals surface area contributed by atoms with Crippen molar-refractivity contribution in [3.63, 3.8) is 0 Å². The SMILES string of the molecule is CC(C)c1nc(N2CCC(N(C)C)C2)sc1C=O. The summed E-state index contributed by atoms with van der Waals surface area (Å²) in [5, 5.41) is 1.00. The number of hydrogen-bond donors (Lipinski definition) is 0. The van der Waals surface area contributed by atoms with Crippen LogP contribution < -0.4 is 4.90 Å². The number of thiazole rings is 1. The second-order valence-electron chi connectivity index (χ2n) is 5.37. The average molecular weight is 267 g/mol. The van der Waals surface area contributed by atoms with E-state index in [1.807, 2.05) is 0 Å². The molecule has 0 saturated carbocycles. The largest absolute Gasteiger partial charge is 0.346 e. The lowest BCUT2D eigenvalue weighted by atomic mass is 10.1. The summed E-state index contributed by atoms with van der Waals surface area (Å²) in [6.45, 7) is 6.21. The van der Waals surface area contributed by atoms with Crippen LogP contribution in [0, 0.1) is 0 Å². The molecule has 1 fully saturated rings. The van der Waals surface area contributed by atoms with Gasteiger partial charge in [-0.1, -0.05) is 25.2 Å². The number of likely N-dealkylation sites (N-methyl/N-ethyl adjacent to an activating group) is 1. The summed E-state index contributed by atoms with van der Waals surface area (Å²) in [4.78, 5) is 21.1. The van der Waals surface area contributed by atoms with Gasteiger partial charge < -0.3 is 9.80 Å². The topological polar surface area (TPSA) is 36.4 Å². The van der Waals surface area contributed by atoms with E-state index >= 15 is 0 Å². The fraction of sp³-hybridized carbons (Fsp3) is 0.692. The smallest absolute Gasteiger partial charge is 0.186 e. The molecule has 1 aromatic rings. The molecule has 0 amide bonds. The van der Waals surface area contributed by atoms with Crippen LogP contribution in [-0.4, -0.2) is 49.4 Å². The van der Waals surface area contributed by atoms with Crippen molar-refractivity contribution in [2.24, 2.45) is 0 Å². The van der Waals surface area contributed by atoms with Crippen molar-refractivity contribution in [1.29, 1.82) is 0 Å². The van der Waals surface area contributed by atoms with E-state index in [-0.39, 0.29) is 0 Å². The molecule has 1 saturated heterocycles. The molecule has 2 rings (SSSR count). The minimum absolute atomic E-state index is 0.308. The van der Waals surface area contributed by atoms with Gasteiger partial charge in [0.1, 0.15) is 0 Å². The predicted octanol–water partition coefficient (Wildman–Crippen LogP) is 2.22. The molecule has 0 spiro atoms. The molecule has 0 N–H and O–H groups in total. The summed E-state index contributed by atoms with van der Waals surface area (Å²) in [6.07, 6.45) is 2.11. The van der Waals surface area contributed by atoms with Crippen LogP contribution in [0.1, 0.15) is 41.6 Å². The summed E-state index contributed by atoms with van der Waals surface area (Å²) in [5.41, 5.74) is 0.943. The molecule has 1 unspecified atom stereocenters. The zero-order chi connectivity index (χ0) is 13.3. The Labute approximate surface area is 113 Å². The van der Waals surface area contributed by atoms with Crippen LogP contribution in [0.15, 0.2) is 0 Å². The monoisotopic (exact) mass is 267 g/mol. The van der Waals surface area contributed by atoms with Crippen molar-refractivity contribution < 1.29 is 4.79 Å². The maximum absolute atomic E-state index is 11.1. The van der Waals surface area contributed by atoms with E-state index < -0.39 is 0 Å². The van der Waals surface area contributed by atoms with Gasteiger partial charge >= 0.3 is 0 Å². The zero-order valence-electron chi connectivity index (χ0n) is 11.5. The fourth-order valence-electron chi connectivity index (χ4n) is 2.30. The molecular formula is C13H21N3OS. The second kappa shape index (κ2) is 5.36. The summed E-state index contributed by atoms with van der Waals surface area (Å²) in [7, 11) is 4.23. The molecule has 0 aliphatic carbocycles. The lowest BCUT2D eigenvalue weighted by molar-refractivity contribution is 0.112. The average Bonchev–Trinajstić information content (AvgIpc) is 2.95. The zero-order valence-corrected chi connectivity index (χ0v) is 12.3. The Kier molecular flexibility index (Phi) is 4.02. The third-order valence-electron chi connectivity index (χ3n) is 3.49. The molecule has 1 aromatic heterocycles. The first-order valence-corrected chi connectivity index (χ1v) is 7.21. The van der Waals surface area contributed by atoms with Crippen molar-refractivity contribution in [2.75, 3.05) is 32.1 Å². The molecule has 2 heterocycles. The Hall–Kier alpha value is -0.940. The first-order valence-electron chi connectivity index (χ1n) is 6.40. The van der Waals surface area contributed by atoms with Gasteiger partial charge in [0.15, 0.2) is 11.4 Å². The van der Waals surface area contributed by atoms with Crippen molar-refractivity contribution >= 4 is 22.8 Å². The first kappa shape index (κ1) is 13.5. The molecule has 5 heteroatoms. The highest BCUT2D eigenvalue weighted by molar-refractivity contribution is 7.17. The number of hydrogen-bond acceptors (Lipinski definition) is 5. The standard InChI is InChI=1S/C13H21N3OS/c1-9(2)12-11(8-17)18-13(14-12)16-6-5-10(7-16)15(3)4/h8-10H,5-7H2,1-4H3. The Morgan fingerprint density at radius 3 is 2.67 bits per heavy atom. The normalized spacial score (nSPS) is 20.1. The number of rotatable bonds is 4. The molecule has 1 aliphatic rings. The molecule has 18 heavy (non-hydrogen) atoms. The Balaban J connectivity index is 2.17. The maximum atomic E-state index is 11.1. The van der Waals surface area contributed by atoms with E-state index in [0.717, 1.165) is 35.1 Å². The number of carbonyl (C=O) groups excluding carboxylic acids is 1. The molecule has 1 aliphatic heterocycles. The number of aromatic nitrogens is 1.